The third kappa shape index (κ3) is 2.77. The number of nitrogens with zero attached hydrogens (tertiary/aromatic N) is 3. The lowest BCUT2D eigenvalue weighted by Gasteiger charge is -2.04. The molecule has 0 aliphatic rings. The van der Waals surface area contributed by atoms with Crippen molar-refractivity contribution in [1.29, 1.82) is 0 Å². The van der Waals surface area contributed by atoms with E-state index in [-0.39, 0.29) is 12.2 Å². The van der Waals surface area contributed by atoms with Gasteiger partial charge in [0, 0.05) is 5.02 Å². The van der Waals surface area contributed by atoms with Gasteiger partial charge in [-0.25, -0.2) is 4.79 Å². The molecule has 1 aromatic heterocycles. The zero-order chi connectivity index (χ0) is 14.7. The van der Waals surface area contributed by atoms with Crippen LogP contribution in [0.25, 0.3) is 0 Å². The van der Waals surface area contributed by atoms with Crippen molar-refractivity contribution in [2.24, 2.45) is 0 Å². The first-order chi connectivity index (χ1) is 9.52. The van der Waals surface area contributed by atoms with Crippen molar-refractivity contribution < 1.29 is 14.5 Å². The minimum Gasteiger partial charge on any atom is -0.464 e. The molecule has 0 spiro atoms. The molecule has 2 rings (SSSR count). The number of benzene rings is 1. The van der Waals surface area contributed by atoms with Crippen molar-refractivity contribution in [3.63, 3.8) is 0 Å². The summed E-state index contributed by atoms with van der Waals surface area (Å²) in [6.45, 7) is 0.137. The second-order valence-electron chi connectivity index (χ2n) is 3.89. The highest BCUT2D eigenvalue weighted by Gasteiger charge is 2.24. The van der Waals surface area contributed by atoms with Gasteiger partial charge < -0.3 is 14.9 Å². The molecule has 0 unspecified atom stereocenters. The van der Waals surface area contributed by atoms with Gasteiger partial charge in [0.2, 0.25) is 0 Å². The Labute approximate surface area is 118 Å². The standard InChI is InChI=1S/C12H10ClN3O4/c1-20-12(17)10-6-11(16(18)19)14-15(10)7-8-4-2-3-5-9(8)13/h2-6H,7H2,1H3. The van der Waals surface area contributed by atoms with E-state index in [1.54, 1.807) is 24.3 Å². The van der Waals surface area contributed by atoms with Crippen molar-refractivity contribution in [3.05, 3.63) is 56.7 Å². The molecular weight excluding hydrogens is 286 g/mol. The number of carbonyl (C=O) groups is 1. The molecule has 7 nitrogen and oxygen atoms in total. The minimum atomic E-state index is -0.697. The van der Waals surface area contributed by atoms with E-state index < -0.39 is 16.7 Å². The van der Waals surface area contributed by atoms with Crippen LogP contribution in [0.15, 0.2) is 30.3 Å². The summed E-state index contributed by atoms with van der Waals surface area (Å²) >= 11 is 6.02. The molecule has 1 heterocycles. The van der Waals surface area contributed by atoms with Crippen LogP contribution in [-0.4, -0.2) is 27.8 Å². The lowest BCUT2D eigenvalue weighted by molar-refractivity contribution is -0.389. The number of nitro groups is 1. The Kier molecular flexibility index (Phi) is 3.99. The monoisotopic (exact) mass is 295 g/mol. The third-order valence-electron chi connectivity index (χ3n) is 2.63. The third-order valence-corrected chi connectivity index (χ3v) is 3.00. The van der Waals surface area contributed by atoms with Crippen LogP contribution in [0.1, 0.15) is 16.1 Å². The van der Waals surface area contributed by atoms with Crippen LogP contribution in [0.3, 0.4) is 0 Å². The first kappa shape index (κ1) is 14.0. The Morgan fingerprint density at radius 2 is 2.20 bits per heavy atom. The minimum absolute atomic E-state index is 0.000815. The fourth-order valence-corrected chi connectivity index (χ4v) is 1.87. The van der Waals surface area contributed by atoms with Crippen molar-refractivity contribution in [1.82, 2.24) is 9.78 Å². The van der Waals surface area contributed by atoms with Crippen LogP contribution in [0.4, 0.5) is 5.82 Å². The molecule has 0 saturated heterocycles. The smallest absolute Gasteiger partial charge is 0.390 e. The van der Waals surface area contributed by atoms with Gasteiger partial charge in [-0.1, -0.05) is 29.8 Å². The Hall–Kier alpha value is -2.41. The molecule has 2 aromatic rings. The fraction of sp³-hybridized carbons (Fsp3) is 0.167. The lowest BCUT2D eigenvalue weighted by Crippen LogP contribution is -2.12. The summed E-state index contributed by atoms with van der Waals surface area (Å²) in [6, 6.07) is 8.04. The maximum absolute atomic E-state index is 11.6. The van der Waals surface area contributed by atoms with E-state index in [2.05, 4.69) is 9.84 Å². The zero-order valence-electron chi connectivity index (χ0n) is 10.4. The average molecular weight is 296 g/mol. The number of aromatic nitrogens is 2. The van der Waals surface area contributed by atoms with E-state index in [0.717, 1.165) is 6.07 Å². The number of halogens is 1. The first-order valence-electron chi connectivity index (χ1n) is 5.57. The number of rotatable bonds is 4. The Morgan fingerprint density at radius 1 is 1.50 bits per heavy atom. The predicted molar refractivity (Wildman–Crippen MR) is 70.8 cm³/mol. The molecule has 0 N–H and O–H groups in total. The van der Waals surface area contributed by atoms with Gasteiger partial charge in [0.05, 0.1) is 24.8 Å². The topological polar surface area (TPSA) is 87.3 Å². The van der Waals surface area contributed by atoms with Gasteiger partial charge in [-0.15, -0.1) is 0 Å². The summed E-state index contributed by atoms with van der Waals surface area (Å²) in [7, 11) is 1.20. The Morgan fingerprint density at radius 3 is 2.80 bits per heavy atom. The van der Waals surface area contributed by atoms with Crippen LogP contribution in [0, 0.1) is 10.1 Å². The molecule has 0 aliphatic carbocycles. The van der Waals surface area contributed by atoms with Crippen molar-refractivity contribution in [3.8, 4) is 0 Å². The molecular formula is C12H10ClN3O4. The highest BCUT2D eigenvalue weighted by Crippen LogP contribution is 2.19. The van der Waals surface area contributed by atoms with Gasteiger partial charge in [-0.3, -0.25) is 0 Å². The van der Waals surface area contributed by atoms with E-state index in [0.29, 0.717) is 10.6 Å². The van der Waals surface area contributed by atoms with Crippen LogP contribution in [-0.2, 0) is 11.3 Å². The largest absolute Gasteiger partial charge is 0.464 e. The summed E-state index contributed by atoms with van der Waals surface area (Å²) < 4.78 is 5.78. The summed E-state index contributed by atoms with van der Waals surface area (Å²) in [6.07, 6.45) is 0. The van der Waals surface area contributed by atoms with E-state index in [4.69, 9.17) is 11.6 Å². The molecule has 0 bridgehead atoms. The van der Waals surface area contributed by atoms with Gasteiger partial charge in [-0.05, 0) is 16.6 Å². The molecule has 0 aliphatic heterocycles. The zero-order valence-corrected chi connectivity index (χ0v) is 11.2. The normalized spacial score (nSPS) is 10.3. The molecule has 20 heavy (non-hydrogen) atoms. The van der Waals surface area contributed by atoms with Gasteiger partial charge in [0.25, 0.3) is 0 Å². The molecule has 0 radical (unpaired) electrons. The molecule has 104 valence electrons. The first-order valence-corrected chi connectivity index (χ1v) is 5.94. The summed E-state index contributed by atoms with van der Waals surface area (Å²) in [5.74, 6) is -1.12. The van der Waals surface area contributed by atoms with E-state index in [1.807, 2.05) is 0 Å². The summed E-state index contributed by atoms with van der Waals surface area (Å²) in [4.78, 5) is 21.7. The molecule has 1 aromatic carbocycles. The number of esters is 1. The highest BCUT2D eigenvalue weighted by atomic mass is 35.5. The van der Waals surface area contributed by atoms with Crippen LogP contribution in [0.2, 0.25) is 5.02 Å². The Balaban J connectivity index is 2.42. The average Bonchev–Trinajstić information content (AvgIpc) is 2.85. The van der Waals surface area contributed by atoms with Gasteiger partial charge >= 0.3 is 11.8 Å². The number of carbonyl (C=O) groups excluding carboxylic acids is 1. The molecule has 0 saturated carbocycles. The molecule has 0 atom stereocenters. The number of ether oxygens (including phenoxy) is 1. The summed E-state index contributed by atoms with van der Waals surface area (Å²) in [5.41, 5.74) is 0.691. The maximum atomic E-state index is 11.6. The van der Waals surface area contributed by atoms with Crippen LogP contribution >= 0.6 is 11.6 Å². The maximum Gasteiger partial charge on any atom is 0.390 e. The molecule has 0 fully saturated rings. The SMILES string of the molecule is COC(=O)c1cc([N+](=O)[O-])nn1Cc1ccccc1Cl. The van der Waals surface area contributed by atoms with E-state index >= 15 is 0 Å². The fourth-order valence-electron chi connectivity index (χ4n) is 1.67. The predicted octanol–water partition coefficient (Wildman–Crippen LogP) is 2.28. The van der Waals surface area contributed by atoms with Crippen LogP contribution < -0.4 is 0 Å². The van der Waals surface area contributed by atoms with Crippen LogP contribution in [0.5, 0.6) is 0 Å². The number of hydrogen-bond acceptors (Lipinski definition) is 5. The van der Waals surface area contributed by atoms with Gasteiger partial charge in [-0.2, -0.15) is 4.68 Å². The van der Waals surface area contributed by atoms with E-state index in [9.17, 15) is 14.9 Å². The van der Waals surface area contributed by atoms with Crippen molar-refractivity contribution in [2.45, 2.75) is 6.54 Å². The number of hydrogen-bond donors (Lipinski definition) is 0. The molecule has 0 amide bonds. The molecule has 8 heteroatoms. The van der Waals surface area contributed by atoms with Crippen molar-refractivity contribution in [2.75, 3.05) is 7.11 Å². The van der Waals surface area contributed by atoms with Gasteiger partial charge in [0.1, 0.15) is 0 Å². The second kappa shape index (κ2) is 5.70. The van der Waals surface area contributed by atoms with Gasteiger partial charge in [0.15, 0.2) is 5.69 Å². The quantitative estimate of drug-likeness (QED) is 0.490. The second-order valence-corrected chi connectivity index (χ2v) is 4.29. The Bertz CT molecular complexity index is 668. The number of methoxy groups -OCH3 is 1. The van der Waals surface area contributed by atoms with E-state index in [1.165, 1.54) is 11.8 Å². The highest BCUT2D eigenvalue weighted by molar-refractivity contribution is 6.31. The lowest BCUT2D eigenvalue weighted by atomic mass is 10.2. The summed E-state index contributed by atoms with van der Waals surface area (Å²) in [5, 5.41) is 15.0. The van der Waals surface area contributed by atoms with Crippen molar-refractivity contribution >= 4 is 23.4 Å².